The van der Waals surface area contributed by atoms with Gasteiger partial charge in [-0.15, -0.1) is 0 Å². The first-order chi connectivity index (χ1) is 16.7. The van der Waals surface area contributed by atoms with Gasteiger partial charge in [0.15, 0.2) is 5.78 Å². The third-order valence-electron chi connectivity index (χ3n) is 6.27. The third-order valence-corrected chi connectivity index (χ3v) is 6.27. The minimum absolute atomic E-state index is 0.0187. The van der Waals surface area contributed by atoms with Crippen molar-refractivity contribution in [1.82, 2.24) is 9.97 Å². The van der Waals surface area contributed by atoms with Crippen LogP contribution in [0, 0.1) is 0 Å². The average molecular weight is 458 g/mol. The lowest BCUT2D eigenvalue weighted by molar-refractivity contribution is -0.125. The molecule has 174 valence electrons. The number of hydrogen-bond donors (Lipinski definition) is 1. The fourth-order valence-corrected chi connectivity index (χ4v) is 4.43. The maximum absolute atomic E-state index is 12.1. The van der Waals surface area contributed by atoms with Gasteiger partial charge in [0, 0.05) is 54.9 Å². The van der Waals surface area contributed by atoms with E-state index in [2.05, 4.69) is 32.3 Å². The van der Waals surface area contributed by atoms with Crippen LogP contribution in [0.15, 0.2) is 60.8 Å². The number of benzene rings is 2. The number of carbonyl (C=O) groups is 2. The molecule has 1 unspecified atom stereocenters. The molecule has 1 atom stereocenters. The van der Waals surface area contributed by atoms with Crippen LogP contribution in [0.1, 0.15) is 12.8 Å². The molecular weight excluding hydrogens is 430 g/mol. The van der Waals surface area contributed by atoms with Crippen molar-refractivity contribution in [3.63, 3.8) is 0 Å². The Labute approximate surface area is 198 Å². The van der Waals surface area contributed by atoms with Crippen molar-refractivity contribution >= 4 is 35.1 Å². The summed E-state index contributed by atoms with van der Waals surface area (Å²) < 4.78 is 5.42. The van der Waals surface area contributed by atoms with Gasteiger partial charge in [0.05, 0.1) is 18.9 Å². The first-order valence-electron chi connectivity index (χ1n) is 11.6. The van der Waals surface area contributed by atoms with Crippen LogP contribution in [0.2, 0.25) is 0 Å². The number of hydrogen-bond acceptors (Lipinski definition) is 8. The van der Waals surface area contributed by atoms with Gasteiger partial charge >= 0.3 is 0 Å². The maximum atomic E-state index is 12.1. The number of ether oxygens (including phenoxy) is 1. The SMILES string of the molecule is O=CC1C(=O)CCCN1c1ccc(-c2ccnc(Nc3ccc(N4CCOCC4)cc3)n2)cc1. The molecular formula is C26H27N5O3. The Morgan fingerprint density at radius 3 is 2.41 bits per heavy atom. The van der Waals surface area contributed by atoms with Crippen molar-refractivity contribution in [2.45, 2.75) is 18.9 Å². The van der Waals surface area contributed by atoms with Crippen LogP contribution in [0.5, 0.6) is 0 Å². The van der Waals surface area contributed by atoms with Crippen molar-refractivity contribution in [2.75, 3.05) is 48.0 Å². The van der Waals surface area contributed by atoms with E-state index in [0.29, 0.717) is 18.9 Å². The zero-order valence-electron chi connectivity index (χ0n) is 18.9. The number of piperidine rings is 1. The summed E-state index contributed by atoms with van der Waals surface area (Å²) in [6.07, 6.45) is 3.70. The van der Waals surface area contributed by atoms with Crippen molar-refractivity contribution in [3.05, 3.63) is 60.8 Å². The van der Waals surface area contributed by atoms with Crippen molar-refractivity contribution in [1.29, 1.82) is 0 Å². The molecule has 0 amide bonds. The topological polar surface area (TPSA) is 87.7 Å². The van der Waals surface area contributed by atoms with E-state index in [1.54, 1.807) is 6.20 Å². The van der Waals surface area contributed by atoms with Crippen LogP contribution in [-0.2, 0) is 14.3 Å². The highest BCUT2D eigenvalue weighted by molar-refractivity contribution is 6.01. The quantitative estimate of drug-likeness (QED) is 0.445. The lowest BCUT2D eigenvalue weighted by Gasteiger charge is -2.33. The number of Topliss-reactive ketones (excluding diaryl/α,β-unsaturated/α-hetero) is 1. The van der Waals surface area contributed by atoms with Gasteiger partial charge in [0.1, 0.15) is 12.3 Å². The smallest absolute Gasteiger partial charge is 0.227 e. The molecule has 3 aromatic rings. The molecule has 0 radical (unpaired) electrons. The molecule has 2 aliphatic rings. The number of nitrogens with zero attached hydrogens (tertiary/aromatic N) is 4. The van der Waals surface area contributed by atoms with Gasteiger partial charge in [0.2, 0.25) is 5.95 Å². The van der Waals surface area contributed by atoms with Crippen LogP contribution >= 0.6 is 0 Å². The Hall–Kier alpha value is -3.78. The first kappa shape index (κ1) is 22.0. The molecule has 0 saturated carbocycles. The van der Waals surface area contributed by atoms with E-state index in [1.807, 2.05) is 47.4 Å². The predicted molar refractivity (Wildman–Crippen MR) is 132 cm³/mol. The Bertz CT molecular complexity index is 1140. The highest BCUT2D eigenvalue weighted by atomic mass is 16.5. The van der Waals surface area contributed by atoms with Gasteiger partial charge in [-0.3, -0.25) is 4.79 Å². The molecule has 3 heterocycles. The summed E-state index contributed by atoms with van der Waals surface area (Å²) in [4.78, 5) is 36.7. The molecule has 2 saturated heterocycles. The fourth-order valence-electron chi connectivity index (χ4n) is 4.43. The number of aldehydes is 1. The van der Waals surface area contributed by atoms with Crippen LogP contribution in [0.3, 0.4) is 0 Å². The predicted octanol–water partition coefficient (Wildman–Crippen LogP) is 3.46. The Kier molecular flexibility index (Phi) is 6.49. The average Bonchev–Trinajstić information content (AvgIpc) is 2.90. The van der Waals surface area contributed by atoms with Crippen LogP contribution in [-0.4, -0.2) is 60.9 Å². The van der Waals surface area contributed by atoms with Gasteiger partial charge in [-0.25, -0.2) is 9.97 Å². The summed E-state index contributed by atoms with van der Waals surface area (Å²) in [6, 6.07) is 17.2. The molecule has 2 fully saturated rings. The van der Waals surface area contributed by atoms with Crippen LogP contribution in [0.25, 0.3) is 11.3 Å². The number of nitrogens with one attached hydrogen (secondary N) is 1. The molecule has 1 N–H and O–H groups in total. The Morgan fingerprint density at radius 2 is 1.68 bits per heavy atom. The van der Waals surface area contributed by atoms with Gasteiger partial charge in [0.25, 0.3) is 0 Å². The molecule has 1 aromatic heterocycles. The van der Waals surface area contributed by atoms with E-state index in [-0.39, 0.29) is 5.78 Å². The van der Waals surface area contributed by atoms with Crippen molar-refractivity contribution in [2.24, 2.45) is 0 Å². The van der Waals surface area contributed by atoms with Crippen molar-refractivity contribution in [3.8, 4) is 11.3 Å². The second-order valence-electron chi connectivity index (χ2n) is 8.43. The van der Waals surface area contributed by atoms with Gasteiger partial charge < -0.3 is 24.6 Å². The lowest BCUT2D eigenvalue weighted by Crippen LogP contribution is -2.46. The number of morpholine rings is 1. The van der Waals surface area contributed by atoms with Crippen LogP contribution < -0.4 is 15.1 Å². The number of rotatable bonds is 6. The normalized spacial score (nSPS) is 18.6. The second-order valence-corrected chi connectivity index (χ2v) is 8.43. The molecule has 0 spiro atoms. The van der Waals surface area contributed by atoms with Crippen molar-refractivity contribution < 1.29 is 14.3 Å². The molecule has 0 aliphatic carbocycles. The zero-order chi connectivity index (χ0) is 23.3. The van der Waals surface area contributed by atoms with Gasteiger partial charge in [-0.05, 0) is 48.9 Å². The molecule has 2 aliphatic heterocycles. The second kappa shape index (κ2) is 10.0. The van der Waals surface area contributed by atoms with E-state index in [4.69, 9.17) is 4.74 Å². The monoisotopic (exact) mass is 457 g/mol. The van der Waals surface area contributed by atoms with E-state index in [9.17, 15) is 9.59 Å². The summed E-state index contributed by atoms with van der Waals surface area (Å²) in [5, 5.41) is 3.28. The molecule has 0 bridgehead atoms. The Morgan fingerprint density at radius 1 is 0.941 bits per heavy atom. The summed E-state index contributed by atoms with van der Waals surface area (Å²) in [6.45, 7) is 4.02. The maximum Gasteiger partial charge on any atom is 0.227 e. The number of ketones is 1. The fraction of sp³-hybridized carbons (Fsp3) is 0.308. The minimum Gasteiger partial charge on any atom is -0.378 e. The number of aromatic nitrogens is 2. The number of anilines is 4. The summed E-state index contributed by atoms with van der Waals surface area (Å²) in [5.74, 6) is 0.498. The molecule has 2 aromatic carbocycles. The van der Waals surface area contributed by atoms with E-state index >= 15 is 0 Å². The Balaban J connectivity index is 1.28. The van der Waals surface area contributed by atoms with E-state index < -0.39 is 6.04 Å². The van der Waals surface area contributed by atoms with E-state index in [0.717, 1.165) is 61.6 Å². The van der Waals surface area contributed by atoms with Gasteiger partial charge in [-0.1, -0.05) is 12.1 Å². The molecule has 8 heteroatoms. The molecule has 8 nitrogen and oxygen atoms in total. The summed E-state index contributed by atoms with van der Waals surface area (Å²) in [5.41, 5.74) is 4.68. The highest BCUT2D eigenvalue weighted by Gasteiger charge is 2.29. The van der Waals surface area contributed by atoms with E-state index in [1.165, 1.54) is 5.69 Å². The summed E-state index contributed by atoms with van der Waals surface area (Å²) in [7, 11) is 0. The van der Waals surface area contributed by atoms with Gasteiger partial charge in [-0.2, -0.15) is 0 Å². The molecule has 5 rings (SSSR count). The zero-order valence-corrected chi connectivity index (χ0v) is 18.9. The lowest BCUT2D eigenvalue weighted by atomic mass is 10.0. The van der Waals surface area contributed by atoms with Crippen LogP contribution in [0.4, 0.5) is 23.0 Å². The standard InChI is InChI=1S/C26H27N5O3/c32-18-24-25(33)2-1-13-31(24)22-7-3-19(4-8-22)23-11-12-27-26(29-23)28-20-5-9-21(10-6-20)30-14-16-34-17-15-30/h3-12,18,24H,1-2,13-17H2,(H,27,28,29). The first-order valence-corrected chi connectivity index (χ1v) is 11.6. The summed E-state index contributed by atoms with van der Waals surface area (Å²) >= 11 is 0. The minimum atomic E-state index is -0.691. The molecule has 34 heavy (non-hydrogen) atoms. The highest BCUT2D eigenvalue weighted by Crippen LogP contribution is 2.27. The largest absolute Gasteiger partial charge is 0.378 e. The number of carbonyl (C=O) groups excluding carboxylic acids is 2. The third kappa shape index (κ3) is 4.77.